The monoisotopic (exact) mass is 875 g/mol. The van der Waals surface area contributed by atoms with Gasteiger partial charge in [-0.25, -0.2) is 18.0 Å². The summed E-state index contributed by atoms with van der Waals surface area (Å²) >= 11 is 6.18. The normalized spacial score (nSPS) is 13.8. The minimum absolute atomic E-state index is 0.0929. The zero-order chi connectivity index (χ0) is 44.1. The first kappa shape index (κ1) is 43.7. The zero-order valence-corrected chi connectivity index (χ0v) is 34.9. The van der Waals surface area contributed by atoms with Crippen LogP contribution in [-0.2, 0) is 40.4 Å². The first-order chi connectivity index (χ1) is 28.8. The van der Waals surface area contributed by atoms with Crippen molar-refractivity contribution in [3.8, 4) is 5.69 Å². The number of carbonyl (C=O) groups excluding carboxylic acids is 6. The van der Waals surface area contributed by atoms with Crippen LogP contribution >= 0.6 is 11.6 Å². The van der Waals surface area contributed by atoms with Gasteiger partial charge in [0.2, 0.25) is 21.8 Å². The van der Waals surface area contributed by atoms with E-state index in [1.165, 1.54) is 22.0 Å². The van der Waals surface area contributed by atoms with E-state index in [0.717, 1.165) is 6.26 Å². The molecule has 0 radical (unpaired) electrons. The number of halogens is 1. The Hall–Kier alpha value is -6.87. The summed E-state index contributed by atoms with van der Waals surface area (Å²) in [4.78, 5) is 83.1. The maximum atomic E-state index is 13.9. The molecule has 0 aliphatic carbocycles. The molecular formula is C39H42ClN11O9S. The molecule has 0 unspecified atom stereocenters. The average Bonchev–Trinajstić information content (AvgIpc) is 3.88. The van der Waals surface area contributed by atoms with E-state index in [4.69, 9.17) is 16.3 Å². The number of tetrazole rings is 1. The van der Waals surface area contributed by atoms with Gasteiger partial charge in [-0.2, -0.15) is 4.68 Å². The van der Waals surface area contributed by atoms with Gasteiger partial charge in [-0.05, 0) is 104 Å². The molecule has 20 nitrogen and oxygen atoms in total. The Morgan fingerprint density at radius 2 is 1.61 bits per heavy atom. The van der Waals surface area contributed by atoms with E-state index >= 15 is 0 Å². The van der Waals surface area contributed by atoms with Gasteiger partial charge in [-0.1, -0.05) is 23.7 Å². The van der Waals surface area contributed by atoms with Crippen LogP contribution in [0.4, 0.5) is 21.9 Å². The molecule has 6 rings (SSSR count). The van der Waals surface area contributed by atoms with Gasteiger partial charge in [0.15, 0.2) is 0 Å². The minimum Gasteiger partial charge on any atom is -0.455 e. The van der Waals surface area contributed by atoms with Crippen molar-refractivity contribution in [2.45, 2.75) is 51.7 Å². The number of urea groups is 1. The van der Waals surface area contributed by atoms with E-state index < -0.39 is 63.2 Å². The molecule has 5 aromatic rings. The number of H-pyrrole nitrogens is 1. The highest BCUT2D eigenvalue weighted by Crippen LogP contribution is 2.25. The van der Waals surface area contributed by atoms with E-state index in [-0.39, 0.29) is 48.8 Å². The Morgan fingerprint density at radius 3 is 2.26 bits per heavy atom. The predicted octanol–water partition coefficient (Wildman–Crippen LogP) is 3.38. The number of hydrogen-bond acceptors (Lipinski definition) is 12. The topological polar surface area (TPSA) is 269 Å². The second kappa shape index (κ2) is 18.2. The molecule has 320 valence electrons. The fourth-order valence-electron chi connectivity index (χ4n) is 6.35. The number of sulfonamides is 1. The number of piperidine rings is 1. The molecule has 0 bridgehead atoms. The van der Waals surface area contributed by atoms with Gasteiger partial charge in [0.05, 0.1) is 17.6 Å². The summed E-state index contributed by atoms with van der Waals surface area (Å²) in [5.41, 5.74) is 1.84. The lowest BCUT2D eigenvalue weighted by Crippen LogP contribution is -2.49. The fraction of sp³-hybridized carbons (Fsp3) is 0.308. The van der Waals surface area contributed by atoms with Crippen molar-refractivity contribution in [3.05, 3.63) is 89.3 Å². The van der Waals surface area contributed by atoms with E-state index in [0.29, 0.717) is 33.5 Å². The number of hydrogen-bond donors (Lipinski definition) is 6. The number of anilines is 3. The Bertz CT molecular complexity index is 2580. The van der Waals surface area contributed by atoms with Crippen LogP contribution in [0.2, 0.25) is 5.02 Å². The molecule has 1 saturated heterocycles. The summed E-state index contributed by atoms with van der Waals surface area (Å²) in [6.45, 7) is 5.72. The summed E-state index contributed by atoms with van der Waals surface area (Å²) < 4.78 is 31.6. The molecule has 6 amide bonds. The van der Waals surface area contributed by atoms with Crippen LogP contribution in [0, 0.1) is 5.92 Å². The number of amides is 6. The van der Waals surface area contributed by atoms with Crippen LogP contribution in [0.5, 0.6) is 0 Å². The first-order valence-corrected chi connectivity index (χ1v) is 21.1. The van der Waals surface area contributed by atoms with Crippen molar-refractivity contribution in [3.63, 3.8) is 0 Å². The van der Waals surface area contributed by atoms with Crippen LogP contribution in [0.1, 0.15) is 49.7 Å². The molecular weight excluding hydrogens is 834 g/mol. The molecule has 0 spiro atoms. The number of fused-ring (bicyclic) bond motifs is 1. The lowest BCUT2D eigenvalue weighted by molar-refractivity contribution is -0.137. The van der Waals surface area contributed by atoms with Gasteiger partial charge in [0.1, 0.15) is 23.7 Å². The lowest BCUT2D eigenvalue weighted by Gasteiger charge is -2.31. The van der Waals surface area contributed by atoms with Crippen LogP contribution in [-0.4, -0.2) is 105 Å². The molecule has 6 N–H and O–H groups in total. The van der Waals surface area contributed by atoms with Gasteiger partial charge in [0.25, 0.3) is 0 Å². The number of likely N-dealkylation sites (tertiary alicyclic amines) is 1. The molecule has 2 aromatic heterocycles. The smallest absolute Gasteiger partial charge is 0.355 e. The third-order valence-electron chi connectivity index (χ3n) is 9.22. The van der Waals surface area contributed by atoms with Crippen molar-refractivity contribution in [2.75, 3.05) is 35.3 Å². The number of esters is 1. The van der Waals surface area contributed by atoms with E-state index in [9.17, 15) is 37.2 Å². The second-order valence-corrected chi connectivity index (χ2v) is 17.4. The molecule has 1 aliphatic heterocycles. The summed E-state index contributed by atoms with van der Waals surface area (Å²) in [6.07, 6.45) is 2.66. The minimum atomic E-state index is -3.70. The number of rotatable bonds is 11. The van der Waals surface area contributed by atoms with Gasteiger partial charge >= 0.3 is 23.8 Å². The highest BCUT2D eigenvalue weighted by molar-refractivity contribution is 7.89. The van der Waals surface area contributed by atoms with Gasteiger partial charge < -0.3 is 35.9 Å². The zero-order valence-electron chi connectivity index (χ0n) is 33.3. The maximum absolute atomic E-state index is 13.9. The van der Waals surface area contributed by atoms with E-state index in [1.807, 2.05) is 4.72 Å². The number of nitrogens with zero attached hydrogens (tertiary/aromatic N) is 5. The molecule has 22 heteroatoms. The highest BCUT2D eigenvalue weighted by atomic mass is 35.5. The SMILES string of the molecule is CC(C)(C)OC(=O)c1cc2cc(NC(=O)[C@H](Cc3ccc(NC(=O)N4CCC(C(=O)NS(C)(=O)=O)CC4)cc3)NC(=O)C(=O)Nc3cc(Cl)ccc3-n3cnnn3)ccc2[nH]1. The Labute approximate surface area is 354 Å². The number of aromatic nitrogens is 5. The molecule has 1 atom stereocenters. The Balaban J connectivity index is 1.15. The number of benzene rings is 3. The summed E-state index contributed by atoms with van der Waals surface area (Å²) in [6, 6.07) is 15.7. The van der Waals surface area contributed by atoms with Crippen LogP contribution in [0.3, 0.4) is 0 Å². The Kier molecular flexibility index (Phi) is 13.0. The average molecular weight is 876 g/mol. The lowest BCUT2D eigenvalue weighted by atomic mass is 9.96. The third-order valence-corrected chi connectivity index (χ3v) is 10.0. The third kappa shape index (κ3) is 11.9. The van der Waals surface area contributed by atoms with Crippen LogP contribution < -0.4 is 26.0 Å². The molecule has 3 heterocycles. The van der Waals surface area contributed by atoms with Crippen molar-refractivity contribution in [1.29, 1.82) is 0 Å². The Morgan fingerprint density at radius 1 is 0.902 bits per heavy atom. The maximum Gasteiger partial charge on any atom is 0.355 e. The highest BCUT2D eigenvalue weighted by Gasteiger charge is 2.30. The van der Waals surface area contributed by atoms with Crippen molar-refractivity contribution in [2.24, 2.45) is 5.92 Å². The number of aromatic amines is 1. The standard InChI is InChI=1S/C39H42ClN11O9S/c1-39(2,3)60-37(56)31-19-24-18-27(10-11-28(24)44-31)42-34(53)30(46-36(55)35(54)45-29-20-25(40)7-12-32(29)51-21-41-48-49-51)17-22-5-8-26(9-6-22)43-38(57)50-15-13-23(14-16-50)33(52)47-61(4,58)59/h5-12,18-21,23,30,44H,13-17H2,1-4H3,(H,42,53)(H,43,57)(H,45,54)(H,46,55)(H,47,52)/t30-/m0/s1. The summed E-state index contributed by atoms with van der Waals surface area (Å²) in [5.74, 6) is -4.64. The number of nitrogens with one attached hydrogen (secondary N) is 6. The summed E-state index contributed by atoms with van der Waals surface area (Å²) in [5, 5.41) is 22.4. The van der Waals surface area contributed by atoms with Gasteiger partial charge in [-0.3, -0.25) is 23.9 Å². The molecule has 1 fully saturated rings. The largest absolute Gasteiger partial charge is 0.455 e. The molecule has 3 aromatic carbocycles. The predicted molar refractivity (Wildman–Crippen MR) is 223 cm³/mol. The van der Waals surface area contributed by atoms with Crippen molar-refractivity contribution >= 4 is 85.2 Å². The fourth-order valence-corrected chi connectivity index (χ4v) is 7.05. The van der Waals surface area contributed by atoms with Crippen LogP contribution in [0.25, 0.3) is 16.6 Å². The number of ether oxygens (including phenoxy) is 1. The van der Waals surface area contributed by atoms with Gasteiger partial charge in [0, 0.05) is 52.7 Å². The van der Waals surface area contributed by atoms with Crippen molar-refractivity contribution < 1.29 is 41.9 Å². The second-order valence-electron chi connectivity index (χ2n) is 15.2. The van der Waals surface area contributed by atoms with Gasteiger partial charge in [-0.15, -0.1) is 5.10 Å². The molecule has 1 aliphatic rings. The molecule has 61 heavy (non-hydrogen) atoms. The molecule has 0 saturated carbocycles. The van der Waals surface area contributed by atoms with Crippen LogP contribution in [0.15, 0.2) is 73.1 Å². The van der Waals surface area contributed by atoms with E-state index in [1.54, 1.807) is 81.4 Å². The quantitative estimate of drug-likeness (QED) is 0.0824. The first-order valence-electron chi connectivity index (χ1n) is 18.8. The number of carbonyl (C=O) groups is 6. The van der Waals surface area contributed by atoms with Crippen molar-refractivity contribution in [1.82, 2.24) is 40.1 Å². The van der Waals surface area contributed by atoms with E-state index in [2.05, 4.69) is 41.8 Å². The summed E-state index contributed by atoms with van der Waals surface area (Å²) in [7, 11) is -3.70.